The standard InChI is InChI=1S/C14H15BrN2O3/c1-8(7-20-2)12-16-13(18)11(14(19)17-12)9-5-3-4-6-10(9)15/h3-6,8H,7H2,1-2H3,(H2,16,17,18,19). The minimum atomic E-state index is -0.373. The maximum atomic E-state index is 12.2. The fourth-order valence-electron chi connectivity index (χ4n) is 1.95. The van der Waals surface area contributed by atoms with Crippen LogP contribution in [0.4, 0.5) is 0 Å². The first-order valence-electron chi connectivity index (χ1n) is 6.11. The first-order chi connectivity index (χ1) is 9.54. The molecule has 0 aliphatic rings. The van der Waals surface area contributed by atoms with Crippen LogP contribution in [0.25, 0.3) is 11.1 Å². The van der Waals surface area contributed by atoms with Crippen LogP contribution in [0.3, 0.4) is 0 Å². The van der Waals surface area contributed by atoms with Gasteiger partial charge in [-0.15, -0.1) is 0 Å². The lowest BCUT2D eigenvalue weighted by atomic mass is 10.1. The second kappa shape index (κ2) is 6.19. The average molecular weight is 339 g/mol. The molecular weight excluding hydrogens is 324 g/mol. The van der Waals surface area contributed by atoms with Gasteiger partial charge in [0.15, 0.2) is 0 Å². The van der Waals surface area contributed by atoms with Gasteiger partial charge >= 0.3 is 0 Å². The normalized spacial score (nSPS) is 12.3. The van der Waals surface area contributed by atoms with Crippen molar-refractivity contribution in [3.63, 3.8) is 0 Å². The van der Waals surface area contributed by atoms with Crippen molar-refractivity contribution in [3.05, 3.63) is 44.9 Å². The van der Waals surface area contributed by atoms with Crippen molar-refractivity contribution < 1.29 is 9.84 Å². The third-order valence-electron chi connectivity index (χ3n) is 2.95. The van der Waals surface area contributed by atoms with E-state index in [2.05, 4.69) is 25.9 Å². The Morgan fingerprint density at radius 3 is 2.75 bits per heavy atom. The van der Waals surface area contributed by atoms with Gasteiger partial charge in [0.05, 0.1) is 6.61 Å². The van der Waals surface area contributed by atoms with Gasteiger partial charge in [-0.25, -0.2) is 0 Å². The number of aromatic amines is 1. The molecule has 2 rings (SSSR count). The van der Waals surface area contributed by atoms with Gasteiger partial charge in [0, 0.05) is 23.1 Å². The summed E-state index contributed by atoms with van der Waals surface area (Å²) in [7, 11) is 1.57. The molecule has 0 bridgehead atoms. The highest BCUT2D eigenvalue weighted by atomic mass is 79.9. The van der Waals surface area contributed by atoms with Crippen LogP contribution < -0.4 is 5.56 Å². The van der Waals surface area contributed by atoms with Crippen molar-refractivity contribution in [1.82, 2.24) is 9.97 Å². The molecule has 6 heteroatoms. The molecule has 1 aromatic heterocycles. The molecule has 1 unspecified atom stereocenters. The Morgan fingerprint density at radius 1 is 1.45 bits per heavy atom. The topological polar surface area (TPSA) is 75.2 Å². The number of ether oxygens (including phenoxy) is 1. The largest absolute Gasteiger partial charge is 0.493 e. The molecule has 0 amide bonds. The van der Waals surface area contributed by atoms with E-state index in [1.807, 2.05) is 13.0 Å². The summed E-state index contributed by atoms with van der Waals surface area (Å²) < 4.78 is 5.74. The summed E-state index contributed by atoms with van der Waals surface area (Å²) >= 11 is 3.36. The van der Waals surface area contributed by atoms with Crippen molar-refractivity contribution in [2.75, 3.05) is 13.7 Å². The number of hydrogen-bond donors (Lipinski definition) is 2. The number of aromatic hydroxyl groups is 1. The lowest BCUT2D eigenvalue weighted by Crippen LogP contribution is -2.17. The molecule has 20 heavy (non-hydrogen) atoms. The van der Waals surface area contributed by atoms with Crippen LogP contribution in [-0.2, 0) is 4.74 Å². The van der Waals surface area contributed by atoms with Crippen molar-refractivity contribution >= 4 is 15.9 Å². The molecule has 0 radical (unpaired) electrons. The molecule has 0 saturated heterocycles. The molecule has 0 fully saturated rings. The van der Waals surface area contributed by atoms with Crippen LogP contribution in [0.15, 0.2) is 33.5 Å². The van der Waals surface area contributed by atoms with Gasteiger partial charge in [0.1, 0.15) is 11.4 Å². The van der Waals surface area contributed by atoms with E-state index in [4.69, 9.17) is 4.74 Å². The van der Waals surface area contributed by atoms with Crippen LogP contribution in [0.2, 0.25) is 0 Å². The molecule has 0 aliphatic carbocycles. The zero-order valence-electron chi connectivity index (χ0n) is 11.2. The molecular formula is C14H15BrN2O3. The molecule has 2 aromatic rings. The van der Waals surface area contributed by atoms with Gasteiger partial charge in [0.25, 0.3) is 5.56 Å². The smallest absolute Gasteiger partial charge is 0.262 e. The molecule has 1 heterocycles. The molecule has 1 atom stereocenters. The van der Waals surface area contributed by atoms with E-state index < -0.39 is 0 Å². The van der Waals surface area contributed by atoms with Gasteiger partial charge in [-0.3, -0.25) is 4.79 Å². The molecule has 0 aliphatic heterocycles. The first-order valence-corrected chi connectivity index (χ1v) is 6.91. The van der Waals surface area contributed by atoms with E-state index in [0.29, 0.717) is 18.0 Å². The molecule has 0 saturated carbocycles. The summed E-state index contributed by atoms with van der Waals surface area (Å²) in [6, 6.07) is 7.17. The number of hydrogen-bond acceptors (Lipinski definition) is 4. The molecule has 0 spiro atoms. The maximum absolute atomic E-state index is 12.2. The lowest BCUT2D eigenvalue weighted by molar-refractivity contribution is 0.181. The Morgan fingerprint density at radius 2 is 2.15 bits per heavy atom. The van der Waals surface area contributed by atoms with E-state index in [0.717, 1.165) is 4.47 Å². The minimum absolute atomic E-state index is 0.105. The van der Waals surface area contributed by atoms with E-state index in [1.165, 1.54) is 0 Å². The van der Waals surface area contributed by atoms with E-state index in [9.17, 15) is 9.90 Å². The summed E-state index contributed by atoms with van der Waals surface area (Å²) in [5.74, 6) is 0.0237. The van der Waals surface area contributed by atoms with E-state index >= 15 is 0 Å². The minimum Gasteiger partial charge on any atom is -0.493 e. The quantitative estimate of drug-likeness (QED) is 0.898. The van der Waals surface area contributed by atoms with Crippen LogP contribution in [-0.4, -0.2) is 28.8 Å². The van der Waals surface area contributed by atoms with Gasteiger partial charge in [-0.2, -0.15) is 4.98 Å². The summed E-state index contributed by atoms with van der Waals surface area (Å²) in [6.45, 7) is 2.27. The van der Waals surface area contributed by atoms with Gasteiger partial charge in [0.2, 0.25) is 5.88 Å². The predicted molar refractivity (Wildman–Crippen MR) is 79.9 cm³/mol. The van der Waals surface area contributed by atoms with Crippen LogP contribution in [0.1, 0.15) is 18.7 Å². The average Bonchev–Trinajstić information content (AvgIpc) is 2.40. The monoisotopic (exact) mass is 338 g/mol. The third kappa shape index (κ3) is 2.91. The third-order valence-corrected chi connectivity index (χ3v) is 3.64. The maximum Gasteiger partial charge on any atom is 0.262 e. The SMILES string of the molecule is COCC(C)c1nc(O)c(-c2ccccc2Br)c(=O)[nH]1. The van der Waals surface area contributed by atoms with Crippen molar-refractivity contribution in [1.29, 1.82) is 0 Å². The summed E-state index contributed by atoms with van der Waals surface area (Å²) in [5.41, 5.74) is 0.387. The molecule has 5 nitrogen and oxygen atoms in total. The second-order valence-corrected chi connectivity index (χ2v) is 5.34. The van der Waals surface area contributed by atoms with Gasteiger partial charge in [-0.05, 0) is 6.07 Å². The van der Waals surface area contributed by atoms with Gasteiger partial charge in [-0.1, -0.05) is 41.1 Å². The molecule has 1 aromatic carbocycles. The number of nitrogens with zero attached hydrogens (tertiary/aromatic N) is 1. The second-order valence-electron chi connectivity index (χ2n) is 4.49. The number of benzene rings is 1. The lowest BCUT2D eigenvalue weighted by Gasteiger charge is -2.12. The Kier molecular flexibility index (Phi) is 4.57. The number of methoxy groups -OCH3 is 1. The fraction of sp³-hybridized carbons (Fsp3) is 0.286. The van der Waals surface area contributed by atoms with E-state index in [1.54, 1.807) is 25.3 Å². The van der Waals surface area contributed by atoms with Crippen molar-refractivity contribution in [2.24, 2.45) is 0 Å². The highest BCUT2D eigenvalue weighted by Crippen LogP contribution is 2.30. The first kappa shape index (κ1) is 14.7. The Hall–Kier alpha value is -1.66. The summed E-state index contributed by atoms with van der Waals surface area (Å²) in [6.07, 6.45) is 0. The van der Waals surface area contributed by atoms with Crippen LogP contribution in [0.5, 0.6) is 5.88 Å². The Bertz CT molecular complexity index is 670. The van der Waals surface area contributed by atoms with Crippen LogP contribution >= 0.6 is 15.9 Å². The highest BCUT2D eigenvalue weighted by molar-refractivity contribution is 9.10. The number of aromatic nitrogens is 2. The van der Waals surface area contributed by atoms with Crippen molar-refractivity contribution in [3.8, 4) is 17.0 Å². The van der Waals surface area contributed by atoms with Crippen molar-refractivity contribution in [2.45, 2.75) is 12.8 Å². The van der Waals surface area contributed by atoms with E-state index in [-0.39, 0.29) is 22.9 Å². The zero-order chi connectivity index (χ0) is 14.7. The fourth-order valence-corrected chi connectivity index (χ4v) is 2.43. The highest BCUT2D eigenvalue weighted by Gasteiger charge is 2.17. The number of H-pyrrole nitrogens is 1. The Balaban J connectivity index is 2.53. The summed E-state index contributed by atoms with van der Waals surface area (Å²) in [4.78, 5) is 19.0. The molecule has 106 valence electrons. The van der Waals surface area contributed by atoms with Crippen LogP contribution in [0, 0.1) is 0 Å². The number of rotatable bonds is 4. The van der Waals surface area contributed by atoms with Gasteiger partial charge < -0.3 is 14.8 Å². The predicted octanol–water partition coefficient (Wildman–Crippen LogP) is 2.65. The number of nitrogens with one attached hydrogen (secondary N) is 1. The zero-order valence-corrected chi connectivity index (χ0v) is 12.8. The Labute approximate surface area is 124 Å². The number of halogens is 1. The summed E-state index contributed by atoms with van der Waals surface area (Å²) in [5, 5.41) is 10.1. The molecule has 2 N–H and O–H groups in total.